The summed E-state index contributed by atoms with van der Waals surface area (Å²) in [6.45, 7) is 16.7. The van der Waals surface area contributed by atoms with E-state index in [2.05, 4.69) is 46.4 Å². The van der Waals surface area contributed by atoms with Crippen molar-refractivity contribution in [1.82, 2.24) is 4.90 Å². The van der Waals surface area contributed by atoms with Crippen molar-refractivity contribution in [3.05, 3.63) is 0 Å². The van der Waals surface area contributed by atoms with E-state index < -0.39 is 0 Å². The van der Waals surface area contributed by atoms with Crippen molar-refractivity contribution in [3.63, 3.8) is 0 Å². The zero-order chi connectivity index (χ0) is 16.3. The number of methoxy groups -OCH3 is 1. The molecule has 0 radical (unpaired) electrons. The number of nitrogens with zero attached hydrogens (tertiary/aromatic N) is 1. The van der Waals surface area contributed by atoms with Gasteiger partial charge in [0.05, 0.1) is 6.61 Å². The van der Waals surface area contributed by atoms with Crippen LogP contribution in [-0.4, -0.2) is 43.3 Å². The van der Waals surface area contributed by atoms with Crippen molar-refractivity contribution in [2.24, 2.45) is 16.6 Å². The van der Waals surface area contributed by atoms with Crippen LogP contribution in [-0.2, 0) is 4.74 Å². The molecule has 0 aromatic rings. The Morgan fingerprint density at radius 3 is 2.00 bits per heavy atom. The summed E-state index contributed by atoms with van der Waals surface area (Å²) in [6, 6.07) is 0.549. The zero-order valence-electron chi connectivity index (χ0n) is 15.5. The topological polar surface area (TPSA) is 38.5 Å². The molecule has 1 rings (SSSR count). The summed E-state index contributed by atoms with van der Waals surface area (Å²) in [6.07, 6.45) is 4.81. The van der Waals surface area contributed by atoms with Crippen LogP contribution in [0.2, 0.25) is 0 Å². The molecule has 21 heavy (non-hydrogen) atoms. The summed E-state index contributed by atoms with van der Waals surface area (Å²) in [4.78, 5) is 2.65. The number of nitrogens with two attached hydrogens (primary N) is 1. The normalized spacial score (nSPS) is 25.0. The maximum Gasteiger partial charge on any atom is 0.0590 e. The molecule has 0 amide bonds. The number of rotatable bonds is 7. The van der Waals surface area contributed by atoms with Crippen LogP contribution in [0.3, 0.4) is 0 Å². The van der Waals surface area contributed by atoms with Gasteiger partial charge in [-0.15, -0.1) is 0 Å². The first-order chi connectivity index (χ1) is 9.61. The van der Waals surface area contributed by atoms with Crippen LogP contribution in [0, 0.1) is 10.8 Å². The molecule has 1 atom stereocenters. The Bertz CT molecular complexity index is 309. The second-order valence-corrected chi connectivity index (χ2v) is 8.73. The highest BCUT2D eigenvalue weighted by atomic mass is 16.5. The van der Waals surface area contributed by atoms with Gasteiger partial charge in [-0.1, -0.05) is 34.6 Å². The minimum absolute atomic E-state index is 0.110. The molecule has 0 spiro atoms. The molecule has 1 saturated carbocycles. The molecule has 1 unspecified atom stereocenters. The first-order valence-electron chi connectivity index (χ1n) is 8.57. The van der Waals surface area contributed by atoms with Crippen LogP contribution >= 0.6 is 0 Å². The van der Waals surface area contributed by atoms with Gasteiger partial charge < -0.3 is 10.5 Å². The van der Waals surface area contributed by atoms with Gasteiger partial charge in [0.25, 0.3) is 0 Å². The summed E-state index contributed by atoms with van der Waals surface area (Å²) >= 11 is 0. The third-order valence-corrected chi connectivity index (χ3v) is 5.22. The van der Waals surface area contributed by atoms with E-state index in [0.717, 1.165) is 26.1 Å². The molecule has 1 aliphatic carbocycles. The summed E-state index contributed by atoms with van der Waals surface area (Å²) in [7, 11) is 1.79. The highest BCUT2D eigenvalue weighted by molar-refractivity contribution is 5.05. The number of ether oxygens (including phenoxy) is 1. The molecule has 1 fully saturated rings. The van der Waals surface area contributed by atoms with Crippen LogP contribution in [0.15, 0.2) is 0 Å². The van der Waals surface area contributed by atoms with Crippen LogP contribution in [0.25, 0.3) is 0 Å². The fraction of sp³-hybridized carbons (Fsp3) is 1.00. The third-order valence-electron chi connectivity index (χ3n) is 5.22. The fourth-order valence-corrected chi connectivity index (χ4v) is 5.06. The van der Waals surface area contributed by atoms with Gasteiger partial charge >= 0.3 is 0 Å². The van der Waals surface area contributed by atoms with Gasteiger partial charge in [0.15, 0.2) is 0 Å². The largest absolute Gasteiger partial charge is 0.383 e. The quantitative estimate of drug-likeness (QED) is 0.779. The van der Waals surface area contributed by atoms with Gasteiger partial charge in [-0.05, 0) is 43.4 Å². The molecule has 0 aromatic carbocycles. The number of hydrogen-bond acceptors (Lipinski definition) is 3. The van der Waals surface area contributed by atoms with E-state index in [4.69, 9.17) is 10.5 Å². The van der Waals surface area contributed by atoms with Crippen molar-refractivity contribution in [2.75, 3.05) is 26.8 Å². The SMILES string of the molecule is CCC(C)N(CCOC)C1(CN)CC(C)(C)CC(C)(C)C1. The van der Waals surface area contributed by atoms with E-state index in [-0.39, 0.29) is 5.54 Å². The van der Waals surface area contributed by atoms with E-state index >= 15 is 0 Å². The van der Waals surface area contributed by atoms with E-state index in [1.165, 1.54) is 19.3 Å². The average Bonchev–Trinajstić information content (AvgIpc) is 2.35. The van der Waals surface area contributed by atoms with Gasteiger partial charge in [0.1, 0.15) is 0 Å². The van der Waals surface area contributed by atoms with Crippen molar-refractivity contribution in [3.8, 4) is 0 Å². The van der Waals surface area contributed by atoms with Gasteiger partial charge in [-0.25, -0.2) is 0 Å². The molecule has 3 heteroatoms. The van der Waals surface area contributed by atoms with E-state index in [1.54, 1.807) is 7.11 Å². The Balaban J connectivity index is 3.13. The van der Waals surface area contributed by atoms with Crippen molar-refractivity contribution < 1.29 is 4.74 Å². The van der Waals surface area contributed by atoms with Gasteiger partial charge in [-0.2, -0.15) is 0 Å². The highest BCUT2D eigenvalue weighted by Gasteiger charge is 2.50. The lowest BCUT2D eigenvalue weighted by Crippen LogP contribution is -2.63. The molecule has 126 valence electrons. The average molecular weight is 299 g/mol. The van der Waals surface area contributed by atoms with Gasteiger partial charge in [-0.3, -0.25) is 4.90 Å². The second-order valence-electron chi connectivity index (χ2n) is 8.73. The Kier molecular flexibility index (Phi) is 6.28. The van der Waals surface area contributed by atoms with E-state index in [1.807, 2.05) is 0 Å². The molecule has 3 nitrogen and oxygen atoms in total. The minimum atomic E-state index is 0.110. The van der Waals surface area contributed by atoms with E-state index in [9.17, 15) is 0 Å². The molecule has 2 N–H and O–H groups in total. The molecule has 0 heterocycles. The number of hydrogen-bond donors (Lipinski definition) is 1. The van der Waals surface area contributed by atoms with Crippen molar-refractivity contribution in [1.29, 1.82) is 0 Å². The predicted molar refractivity (Wildman–Crippen MR) is 91.5 cm³/mol. The van der Waals surface area contributed by atoms with Crippen LogP contribution in [0.4, 0.5) is 0 Å². The maximum absolute atomic E-state index is 6.36. The first-order valence-corrected chi connectivity index (χ1v) is 8.57. The smallest absolute Gasteiger partial charge is 0.0590 e. The third kappa shape index (κ3) is 4.67. The Morgan fingerprint density at radius 2 is 1.62 bits per heavy atom. The molecule has 0 aromatic heterocycles. The van der Waals surface area contributed by atoms with Crippen molar-refractivity contribution in [2.45, 2.75) is 78.8 Å². The minimum Gasteiger partial charge on any atom is -0.383 e. The first kappa shape index (κ1) is 18.9. The zero-order valence-corrected chi connectivity index (χ0v) is 15.5. The molecule has 0 aliphatic heterocycles. The summed E-state index contributed by atoms with van der Waals surface area (Å²) in [5, 5.41) is 0. The Labute approximate surface area is 132 Å². The lowest BCUT2D eigenvalue weighted by Gasteiger charge is -2.57. The highest BCUT2D eigenvalue weighted by Crippen LogP contribution is 2.52. The van der Waals surface area contributed by atoms with E-state index in [0.29, 0.717) is 16.9 Å². The fourth-order valence-electron chi connectivity index (χ4n) is 5.06. The van der Waals surface area contributed by atoms with Crippen LogP contribution in [0.5, 0.6) is 0 Å². The lowest BCUT2D eigenvalue weighted by atomic mass is 9.57. The Morgan fingerprint density at radius 1 is 1.10 bits per heavy atom. The maximum atomic E-state index is 6.36. The van der Waals surface area contributed by atoms with Crippen LogP contribution in [0.1, 0.15) is 67.2 Å². The molecular weight excluding hydrogens is 260 g/mol. The van der Waals surface area contributed by atoms with Crippen LogP contribution < -0.4 is 5.73 Å². The monoisotopic (exact) mass is 298 g/mol. The molecule has 0 saturated heterocycles. The summed E-state index contributed by atoms with van der Waals surface area (Å²) < 4.78 is 5.37. The Hall–Kier alpha value is -0.120. The molecule has 0 bridgehead atoms. The molecule has 1 aliphatic rings. The van der Waals surface area contributed by atoms with Gasteiger partial charge in [0, 0.05) is 31.8 Å². The van der Waals surface area contributed by atoms with Gasteiger partial charge in [0.2, 0.25) is 0 Å². The lowest BCUT2D eigenvalue weighted by molar-refractivity contribution is -0.0678. The summed E-state index contributed by atoms with van der Waals surface area (Å²) in [5.74, 6) is 0. The predicted octanol–water partition coefficient (Wildman–Crippen LogP) is 3.67. The molecular formula is C18H38N2O. The second kappa shape index (κ2) is 6.97. The van der Waals surface area contributed by atoms with Crippen molar-refractivity contribution >= 4 is 0 Å². The summed E-state index contributed by atoms with van der Waals surface area (Å²) in [5.41, 5.74) is 7.17. The standard InChI is InChI=1S/C18H38N2O/c1-8-15(2)20(9-10-21-7)18(14-19)12-16(3,4)11-17(5,6)13-18/h15H,8-14,19H2,1-7H3.